The molecule has 2 aromatic rings. The number of nitrogens with one attached hydrogen (secondary N) is 1. The summed E-state index contributed by atoms with van der Waals surface area (Å²) in [5.41, 5.74) is 2.27. The lowest BCUT2D eigenvalue weighted by Crippen LogP contribution is -1.77. The number of fused-ring (bicyclic) bond motifs is 1. The summed E-state index contributed by atoms with van der Waals surface area (Å²) in [7, 11) is 0. The monoisotopic (exact) mass is 171 g/mol. The second-order valence-corrected chi connectivity index (χ2v) is 2.76. The summed E-state index contributed by atoms with van der Waals surface area (Å²) < 4.78 is 0. The van der Waals surface area contributed by atoms with Crippen molar-refractivity contribution in [3.8, 4) is 12.3 Å². The summed E-state index contributed by atoms with van der Waals surface area (Å²) in [6.07, 6.45) is 5.89. The predicted molar refractivity (Wildman–Crippen MR) is 57.6 cm³/mol. The zero-order valence-corrected chi connectivity index (χ0v) is 6.67. The van der Waals surface area contributed by atoms with E-state index in [4.69, 9.17) is 6.42 Å². The van der Waals surface area contributed by atoms with Gasteiger partial charge in [-0.05, 0) is 17.5 Å². The molecule has 1 heterocycles. The molecule has 1 aromatic carbocycles. The van der Waals surface area contributed by atoms with E-state index in [1.54, 1.807) is 0 Å². The van der Waals surface area contributed by atoms with E-state index in [0.29, 0.717) is 6.42 Å². The lowest BCUT2D eigenvalue weighted by molar-refractivity contribution is 1.20. The zero-order valence-electron chi connectivity index (χ0n) is 6.67. The number of para-hydroxylation sites is 1. The lowest BCUT2D eigenvalue weighted by Gasteiger charge is -1.85. The first-order chi connectivity index (χ1) is 5.90. The van der Waals surface area contributed by atoms with Gasteiger partial charge in [-0.1, -0.05) is 25.6 Å². The fourth-order valence-electron chi connectivity index (χ4n) is 1.34. The van der Waals surface area contributed by atoms with Gasteiger partial charge in [-0.25, -0.2) is 0 Å². The summed E-state index contributed by atoms with van der Waals surface area (Å²) in [5.74, 6) is 2.61. The van der Waals surface area contributed by atoms with Crippen LogP contribution in [0, 0.1) is 12.3 Å². The summed E-state index contributed by atoms with van der Waals surface area (Å²) in [4.78, 5) is 3.25. The lowest BCUT2D eigenvalue weighted by atomic mass is 10.2. The molecule has 0 aliphatic carbocycles. The first-order valence-electron chi connectivity index (χ1n) is 3.90. The molecule has 0 radical (unpaired) electrons. The molecule has 0 spiro atoms. The Kier molecular flexibility index (Phi) is 2.76. The van der Waals surface area contributed by atoms with Gasteiger partial charge in [0.25, 0.3) is 0 Å². The quantitative estimate of drug-likeness (QED) is 0.635. The summed E-state index contributed by atoms with van der Waals surface area (Å²) >= 11 is 0. The van der Waals surface area contributed by atoms with E-state index in [1.165, 1.54) is 5.39 Å². The van der Waals surface area contributed by atoms with E-state index in [1.807, 2.05) is 12.1 Å². The van der Waals surface area contributed by atoms with Crippen LogP contribution in [0.25, 0.3) is 10.9 Å². The number of terminal acetylenes is 1. The number of hydrogen-bond acceptors (Lipinski definition) is 0. The number of aromatic nitrogens is 1. The second kappa shape index (κ2) is 3.82. The largest absolute Gasteiger partial charge is 0.358 e. The van der Waals surface area contributed by atoms with Crippen molar-refractivity contribution < 1.29 is 0 Å². The third-order valence-corrected chi connectivity index (χ3v) is 1.88. The molecule has 1 heteroatoms. The van der Waals surface area contributed by atoms with Gasteiger partial charge in [-0.15, -0.1) is 12.3 Å². The standard InChI is InChI=1S/C11H9N.CH4/c1-2-5-10-8-9-6-3-4-7-11(9)12-10;/h1,3-4,6-8,12H,5H2;1H4. The Hall–Kier alpha value is -1.68. The Morgan fingerprint density at radius 2 is 2.08 bits per heavy atom. The third kappa shape index (κ3) is 1.73. The van der Waals surface area contributed by atoms with Gasteiger partial charge in [0.05, 0.1) is 0 Å². The fraction of sp³-hybridized carbons (Fsp3) is 0.167. The van der Waals surface area contributed by atoms with Gasteiger partial charge in [-0.3, -0.25) is 0 Å². The normalized spacial score (nSPS) is 9.15. The molecule has 13 heavy (non-hydrogen) atoms. The van der Waals surface area contributed by atoms with Crippen molar-refractivity contribution in [2.24, 2.45) is 0 Å². The van der Waals surface area contributed by atoms with E-state index in [0.717, 1.165) is 11.2 Å². The van der Waals surface area contributed by atoms with Crippen molar-refractivity contribution in [2.75, 3.05) is 0 Å². The van der Waals surface area contributed by atoms with Gasteiger partial charge in [0.1, 0.15) is 0 Å². The molecule has 66 valence electrons. The molecule has 0 bridgehead atoms. The number of benzene rings is 1. The van der Waals surface area contributed by atoms with Crippen molar-refractivity contribution in [3.63, 3.8) is 0 Å². The maximum absolute atomic E-state index is 5.21. The molecule has 0 unspecified atom stereocenters. The molecule has 2 rings (SSSR count). The minimum atomic E-state index is 0. The van der Waals surface area contributed by atoms with Gasteiger partial charge >= 0.3 is 0 Å². The Morgan fingerprint density at radius 1 is 1.31 bits per heavy atom. The van der Waals surface area contributed by atoms with E-state index in [2.05, 4.69) is 29.1 Å². The molecule has 0 amide bonds. The first kappa shape index (κ1) is 9.41. The summed E-state index contributed by atoms with van der Waals surface area (Å²) in [6, 6.07) is 10.3. The predicted octanol–water partition coefficient (Wildman–Crippen LogP) is 2.98. The number of H-pyrrole nitrogens is 1. The Labute approximate surface area is 78.8 Å². The topological polar surface area (TPSA) is 15.8 Å². The SMILES string of the molecule is C.C#CCc1cc2ccccc2[nH]1. The van der Waals surface area contributed by atoms with Crippen molar-refractivity contribution in [2.45, 2.75) is 13.8 Å². The van der Waals surface area contributed by atoms with E-state index in [9.17, 15) is 0 Å². The van der Waals surface area contributed by atoms with Crippen LogP contribution in [-0.4, -0.2) is 4.98 Å². The molecular formula is C12H13N. The molecule has 1 N–H and O–H groups in total. The van der Waals surface area contributed by atoms with Gasteiger partial charge in [0.2, 0.25) is 0 Å². The molecule has 0 aliphatic rings. The van der Waals surface area contributed by atoms with Crippen LogP contribution >= 0.6 is 0 Å². The van der Waals surface area contributed by atoms with E-state index < -0.39 is 0 Å². The highest BCUT2D eigenvalue weighted by Gasteiger charge is 1.96. The molecule has 0 atom stereocenters. The molecule has 1 nitrogen and oxygen atoms in total. The highest BCUT2D eigenvalue weighted by molar-refractivity contribution is 5.80. The number of hydrogen-bond donors (Lipinski definition) is 1. The van der Waals surface area contributed by atoms with Gasteiger partial charge in [0, 0.05) is 17.6 Å². The fourth-order valence-corrected chi connectivity index (χ4v) is 1.34. The van der Waals surface area contributed by atoms with Crippen LogP contribution in [0.15, 0.2) is 30.3 Å². The minimum Gasteiger partial charge on any atom is -0.358 e. The highest BCUT2D eigenvalue weighted by Crippen LogP contribution is 2.14. The molecule has 1 aromatic heterocycles. The van der Waals surface area contributed by atoms with Crippen LogP contribution in [-0.2, 0) is 6.42 Å². The number of aromatic amines is 1. The average molecular weight is 171 g/mol. The smallest absolute Gasteiger partial charge is 0.0489 e. The molecule has 0 aliphatic heterocycles. The molecule has 0 fully saturated rings. The Bertz CT molecular complexity index is 399. The van der Waals surface area contributed by atoms with Crippen molar-refractivity contribution in [1.29, 1.82) is 0 Å². The third-order valence-electron chi connectivity index (χ3n) is 1.88. The average Bonchev–Trinajstić information content (AvgIpc) is 2.47. The second-order valence-electron chi connectivity index (χ2n) is 2.76. The maximum Gasteiger partial charge on any atom is 0.0489 e. The van der Waals surface area contributed by atoms with Crippen LogP contribution < -0.4 is 0 Å². The van der Waals surface area contributed by atoms with Crippen LogP contribution in [0.3, 0.4) is 0 Å². The van der Waals surface area contributed by atoms with Crippen molar-refractivity contribution >= 4 is 10.9 Å². The van der Waals surface area contributed by atoms with Crippen LogP contribution in [0.5, 0.6) is 0 Å². The first-order valence-corrected chi connectivity index (χ1v) is 3.90. The Balaban J connectivity index is 0.000000845. The summed E-state index contributed by atoms with van der Waals surface area (Å²) in [5, 5.41) is 1.22. The van der Waals surface area contributed by atoms with Crippen LogP contribution in [0.2, 0.25) is 0 Å². The van der Waals surface area contributed by atoms with Gasteiger partial charge in [-0.2, -0.15) is 0 Å². The minimum absolute atomic E-state index is 0. The molecular weight excluding hydrogens is 158 g/mol. The Morgan fingerprint density at radius 3 is 2.77 bits per heavy atom. The van der Waals surface area contributed by atoms with Crippen molar-refractivity contribution in [1.82, 2.24) is 4.98 Å². The van der Waals surface area contributed by atoms with E-state index >= 15 is 0 Å². The van der Waals surface area contributed by atoms with Gasteiger partial charge in [0.15, 0.2) is 0 Å². The van der Waals surface area contributed by atoms with E-state index in [-0.39, 0.29) is 7.43 Å². The highest BCUT2D eigenvalue weighted by atomic mass is 14.7. The molecule has 0 saturated heterocycles. The molecule has 0 saturated carbocycles. The number of rotatable bonds is 1. The summed E-state index contributed by atoms with van der Waals surface area (Å²) in [6.45, 7) is 0. The van der Waals surface area contributed by atoms with Crippen LogP contribution in [0.4, 0.5) is 0 Å². The maximum atomic E-state index is 5.21. The van der Waals surface area contributed by atoms with Crippen molar-refractivity contribution in [3.05, 3.63) is 36.0 Å². The van der Waals surface area contributed by atoms with Crippen LogP contribution in [0.1, 0.15) is 13.1 Å². The van der Waals surface area contributed by atoms with Gasteiger partial charge < -0.3 is 4.98 Å². The zero-order chi connectivity index (χ0) is 8.39.